The molecule has 2 unspecified atom stereocenters. The summed E-state index contributed by atoms with van der Waals surface area (Å²) < 4.78 is 10.6. The molecule has 1 rings (SSSR count). The van der Waals surface area contributed by atoms with Gasteiger partial charge in [0, 0.05) is 6.61 Å². The van der Waals surface area contributed by atoms with Crippen molar-refractivity contribution in [2.75, 3.05) is 13.7 Å². The van der Waals surface area contributed by atoms with Gasteiger partial charge >= 0.3 is 0 Å². The zero-order chi connectivity index (χ0) is 11.3. The van der Waals surface area contributed by atoms with Gasteiger partial charge in [-0.15, -0.1) is 0 Å². The molecule has 1 N–H and O–H groups in total. The van der Waals surface area contributed by atoms with Crippen LogP contribution in [0.1, 0.15) is 51.1 Å². The van der Waals surface area contributed by atoms with Gasteiger partial charge in [0.05, 0.1) is 6.04 Å². The number of hydrogen-bond acceptors (Lipinski definition) is 5. The molecule has 1 aromatic rings. The van der Waals surface area contributed by atoms with Crippen molar-refractivity contribution in [3.63, 3.8) is 0 Å². The lowest BCUT2D eigenvalue weighted by molar-refractivity contribution is 0.0683. The van der Waals surface area contributed by atoms with Crippen molar-refractivity contribution in [3.8, 4) is 0 Å². The van der Waals surface area contributed by atoms with Crippen LogP contribution in [0.3, 0.4) is 0 Å². The summed E-state index contributed by atoms with van der Waals surface area (Å²) in [5.41, 5.74) is 0. The van der Waals surface area contributed by atoms with Gasteiger partial charge in [0.2, 0.25) is 5.89 Å². The Morgan fingerprint density at radius 1 is 1.47 bits per heavy atom. The van der Waals surface area contributed by atoms with E-state index in [2.05, 4.69) is 22.4 Å². The number of nitrogens with one attached hydrogen (secondary N) is 1. The summed E-state index contributed by atoms with van der Waals surface area (Å²) in [5, 5.41) is 7.02. The van der Waals surface area contributed by atoms with Crippen LogP contribution >= 0.6 is 0 Å². The summed E-state index contributed by atoms with van der Waals surface area (Å²) in [4.78, 5) is 4.31. The molecule has 15 heavy (non-hydrogen) atoms. The molecular weight excluding hydrogens is 194 g/mol. The zero-order valence-electron chi connectivity index (χ0n) is 9.78. The Bertz CT molecular complexity index is 284. The minimum atomic E-state index is -0.109. The van der Waals surface area contributed by atoms with Gasteiger partial charge < -0.3 is 14.6 Å². The molecule has 0 saturated heterocycles. The van der Waals surface area contributed by atoms with Gasteiger partial charge in [-0.2, -0.15) is 4.98 Å². The molecule has 1 aromatic heterocycles. The Morgan fingerprint density at radius 2 is 2.20 bits per heavy atom. The average Bonchev–Trinajstić information content (AvgIpc) is 2.69. The highest BCUT2D eigenvalue weighted by molar-refractivity contribution is 4.94. The first kappa shape index (κ1) is 12.1. The van der Waals surface area contributed by atoms with Gasteiger partial charge in [0.1, 0.15) is 6.10 Å². The highest BCUT2D eigenvalue weighted by Gasteiger charge is 2.18. The first-order chi connectivity index (χ1) is 7.22. The van der Waals surface area contributed by atoms with Crippen LogP contribution in [-0.2, 0) is 4.74 Å². The van der Waals surface area contributed by atoms with Gasteiger partial charge in [-0.1, -0.05) is 12.1 Å². The van der Waals surface area contributed by atoms with E-state index >= 15 is 0 Å². The van der Waals surface area contributed by atoms with Crippen molar-refractivity contribution in [3.05, 3.63) is 11.7 Å². The predicted molar refractivity (Wildman–Crippen MR) is 56.4 cm³/mol. The molecule has 0 aliphatic rings. The number of hydrogen-bond donors (Lipinski definition) is 1. The standard InChI is InChI=1S/C10H19N3O2/c1-5-8(11-4)10-12-9(13-15-10)7(3)14-6-2/h7-8,11H,5-6H2,1-4H3. The number of rotatable bonds is 6. The van der Waals surface area contributed by atoms with Crippen LogP contribution in [0.4, 0.5) is 0 Å². The van der Waals surface area contributed by atoms with Crippen LogP contribution in [0.5, 0.6) is 0 Å². The number of aromatic nitrogens is 2. The van der Waals surface area contributed by atoms with Crippen molar-refractivity contribution < 1.29 is 9.26 Å². The molecule has 1 heterocycles. The van der Waals surface area contributed by atoms with Crippen LogP contribution in [0.15, 0.2) is 4.52 Å². The molecule has 0 bridgehead atoms. The summed E-state index contributed by atoms with van der Waals surface area (Å²) >= 11 is 0. The van der Waals surface area contributed by atoms with E-state index in [0.717, 1.165) is 6.42 Å². The van der Waals surface area contributed by atoms with Gasteiger partial charge in [-0.3, -0.25) is 0 Å². The summed E-state index contributed by atoms with van der Waals surface area (Å²) in [7, 11) is 1.88. The first-order valence-corrected chi connectivity index (χ1v) is 5.35. The maximum atomic E-state index is 5.38. The van der Waals surface area contributed by atoms with Crippen molar-refractivity contribution in [1.82, 2.24) is 15.5 Å². The van der Waals surface area contributed by atoms with Crippen LogP contribution in [0, 0.1) is 0 Å². The van der Waals surface area contributed by atoms with Crippen molar-refractivity contribution in [2.45, 2.75) is 39.3 Å². The molecule has 0 aliphatic carbocycles. The van der Waals surface area contributed by atoms with Gasteiger partial charge in [0.25, 0.3) is 0 Å². The minimum absolute atomic E-state index is 0.109. The molecule has 0 amide bonds. The first-order valence-electron chi connectivity index (χ1n) is 5.35. The SMILES string of the molecule is CCOC(C)c1noc(C(CC)NC)n1. The van der Waals surface area contributed by atoms with E-state index < -0.39 is 0 Å². The predicted octanol–water partition coefficient (Wildman–Crippen LogP) is 1.84. The van der Waals surface area contributed by atoms with Gasteiger partial charge in [-0.25, -0.2) is 0 Å². The highest BCUT2D eigenvalue weighted by Crippen LogP contribution is 2.18. The van der Waals surface area contributed by atoms with E-state index in [1.165, 1.54) is 0 Å². The molecule has 86 valence electrons. The number of ether oxygens (including phenoxy) is 1. The molecule has 0 radical (unpaired) electrons. The van der Waals surface area contributed by atoms with Crippen LogP contribution in [0.25, 0.3) is 0 Å². The molecular formula is C10H19N3O2. The Labute approximate surface area is 90.2 Å². The largest absolute Gasteiger partial charge is 0.371 e. The van der Waals surface area contributed by atoms with Gasteiger partial charge in [0.15, 0.2) is 5.82 Å². The summed E-state index contributed by atoms with van der Waals surface area (Å²) in [6, 6.07) is 0.125. The van der Waals surface area contributed by atoms with E-state index in [-0.39, 0.29) is 12.1 Å². The lowest BCUT2D eigenvalue weighted by Crippen LogP contribution is -2.15. The second-order valence-electron chi connectivity index (χ2n) is 3.34. The van der Waals surface area contributed by atoms with E-state index in [4.69, 9.17) is 9.26 Å². The quantitative estimate of drug-likeness (QED) is 0.781. The van der Waals surface area contributed by atoms with E-state index in [1.807, 2.05) is 20.9 Å². The number of nitrogens with zero attached hydrogens (tertiary/aromatic N) is 2. The molecule has 0 spiro atoms. The smallest absolute Gasteiger partial charge is 0.243 e. The zero-order valence-corrected chi connectivity index (χ0v) is 9.78. The molecule has 0 aromatic carbocycles. The molecule has 5 nitrogen and oxygen atoms in total. The summed E-state index contributed by atoms with van der Waals surface area (Å²) in [6.45, 7) is 6.57. The van der Waals surface area contributed by atoms with E-state index in [0.29, 0.717) is 18.3 Å². The molecule has 0 fully saturated rings. The van der Waals surface area contributed by atoms with Crippen LogP contribution in [0.2, 0.25) is 0 Å². The summed E-state index contributed by atoms with van der Waals surface area (Å²) in [6.07, 6.45) is 0.808. The monoisotopic (exact) mass is 213 g/mol. The Morgan fingerprint density at radius 3 is 2.73 bits per heavy atom. The fourth-order valence-corrected chi connectivity index (χ4v) is 1.38. The second-order valence-corrected chi connectivity index (χ2v) is 3.34. The lowest BCUT2D eigenvalue weighted by Gasteiger charge is -2.07. The fraction of sp³-hybridized carbons (Fsp3) is 0.800. The minimum Gasteiger partial charge on any atom is -0.371 e. The second kappa shape index (κ2) is 5.82. The van der Waals surface area contributed by atoms with Crippen molar-refractivity contribution in [1.29, 1.82) is 0 Å². The van der Waals surface area contributed by atoms with Crippen LogP contribution in [-0.4, -0.2) is 23.8 Å². The maximum Gasteiger partial charge on any atom is 0.243 e. The average molecular weight is 213 g/mol. The Hall–Kier alpha value is -0.940. The Balaban J connectivity index is 2.70. The third kappa shape index (κ3) is 3.00. The van der Waals surface area contributed by atoms with E-state index in [9.17, 15) is 0 Å². The van der Waals surface area contributed by atoms with Gasteiger partial charge in [-0.05, 0) is 27.3 Å². The fourth-order valence-electron chi connectivity index (χ4n) is 1.38. The third-order valence-corrected chi connectivity index (χ3v) is 2.29. The third-order valence-electron chi connectivity index (χ3n) is 2.29. The topological polar surface area (TPSA) is 60.2 Å². The molecule has 5 heteroatoms. The summed E-state index contributed by atoms with van der Waals surface area (Å²) in [5.74, 6) is 1.24. The van der Waals surface area contributed by atoms with Crippen LogP contribution < -0.4 is 5.32 Å². The normalized spacial score (nSPS) is 15.2. The van der Waals surface area contributed by atoms with Crippen molar-refractivity contribution >= 4 is 0 Å². The lowest BCUT2D eigenvalue weighted by atomic mass is 10.2. The molecule has 2 atom stereocenters. The Kier molecular flexibility index (Phi) is 4.71. The van der Waals surface area contributed by atoms with Crippen molar-refractivity contribution in [2.24, 2.45) is 0 Å². The molecule has 0 aliphatic heterocycles. The highest BCUT2D eigenvalue weighted by atomic mass is 16.5. The van der Waals surface area contributed by atoms with E-state index in [1.54, 1.807) is 0 Å². The molecule has 0 saturated carbocycles. The maximum absolute atomic E-state index is 5.38.